The Morgan fingerprint density at radius 1 is 1.18 bits per heavy atom. The number of anilines is 1. The fraction of sp³-hybridized carbons (Fsp3) is 0. The zero-order valence-electron chi connectivity index (χ0n) is 5.78. The van der Waals surface area contributed by atoms with E-state index < -0.39 is 0 Å². The zero-order valence-corrected chi connectivity index (χ0v) is 5.78. The first-order chi connectivity index (χ1) is 5.36. The van der Waals surface area contributed by atoms with Crippen molar-refractivity contribution in [3.8, 4) is 0 Å². The molecule has 0 aliphatic rings. The van der Waals surface area contributed by atoms with Crippen LogP contribution in [0.5, 0.6) is 0 Å². The average Bonchev–Trinajstić information content (AvgIpc) is 2.04. The van der Waals surface area contributed by atoms with Gasteiger partial charge in [0, 0.05) is 5.10 Å². The second-order valence-corrected chi connectivity index (χ2v) is 2.23. The van der Waals surface area contributed by atoms with Crippen molar-refractivity contribution in [1.29, 1.82) is 0 Å². The van der Waals surface area contributed by atoms with Crippen LogP contribution in [-0.2, 0) is 0 Å². The van der Waals surface area contributed by atoms with Crippen molar-refractivity contribution in [1.82, 2.24) is 10.2 Å². The highest BCUT2D eigenvalue weighted by Crippen LogP contribution is 2.02. The lowest BCUT2D eigenvalue weighted by Crippen LogP contribution is -2.14. The first-order valence-electron chi connectivity index (χ1n) is 3.26. The summed E-state index contributed by atoms with van der Waals surface area (Å²) in [6.07, 6.45) is 0. The second kappa shape index (κ2) is 2.16. The van der Waals surface area contributed by atoms with E-state index in [1.807, 2.05) is 24.3 Å². The first-order valence-corrected chi connectivity index (χ1v) is 3.26. The van der Waals surface area contributed by atoms with Crippen molar-refractivity contribution in [3.63, 3.8) is 0 Å². The van der Waals surface area contributed by atoms with E-state index in [-0.39, 0.29) is 0 Å². The van der Waals surface area contributed by atoms with Gasteiger partial charge in [0.05, 0.1) is 0 Å². The van der Waals surface area contributed by atoms with Crippen LogP contribution in [0.1, 0.15) is 0 Å². The van der Waals surface area contributed by atoms with E-state index in [4.69, 9.17) is 5.73 Å². The second-order valence-electron chi connectivity index (χ2n) is 2.23. The maximum atomic E-state index is 5.39. The quantitative estimate of drug-likeness (QED) is 0.571. The standard InChI is InChI=1S/C7H6N4/c8-7-9-5-3-1-2-4-6(5)10-11-7/h1-4H,(H2,8,9,11)/p+1. The minimum atomic E-state index is 0.337. The summed E-state index contributed by atoms with van der Waals surface area (Å²) in [4.78, 5) is 2.89. The van der Waals surface area contributed by atoms with Gasteiger partial charge in [-0.25, -0.2) is 4.98 Å². The normalized spacial score (nSPS) is 10.2. The summed E-state index contributed by atoms with van der Waals surface area (Å²) in [5.74, 6) is 0.337. The Hall–Kier alpha value is -1.71. The van der Waals surface area contributed by atoms with Gasteiger partial charge in [0.2, 0.25) is 0 Å². The van der Waals surface area contributed by atoms with Crippen LogP contribution < -0.4 is 10.7 Å². The molecule has 0 bridgehead atoms. The molecule has 0 spiro atoms. The van der Waals surface area contributed by atoms with Crippen LogP contribution in [0.15, 0.2) is 24.3 Å². The third kappa shape index (κ3) is 0.980. The predicted octanol–water partition coefficient (Wildman–Crippen LogP) is 0.0261. The number of nitrogens with zero attached hydrogens (tertiary/aromatic N) is 2. The Kier molecular flexibility index (Phi) is 1.18. The third-order valence-corrected chi connectivity index (χ3v) is 1.43. The lowest BCUT2D eigenvalue weighted by atomic mass is 10.3. The monoisotopic (exact) mass is 147 g/mol. The van der Waals surface area contributed by atoms with Crippen molar-refractivity contribution >= 4 is 17.0 Å². The number of fused-ring (bicyclic) bond motifs is 1. The topological polar surface area (TPSA) is 65.9 Å². The maximum absolute atomic E-state index is 5.39. The summed E-state index contributed by atoms with van der Waals surface area (Å²) >= 11 is 0. The van der Waals surface area contributed by atoms with Crippen LogP contribution in [0, 0.1) is 0 Å². The minimum Gasteiger partial charge on any atom is -0.286 e. The smallest absolute Gasteiger partial charge is 0.286 e. The van der Waals surface area contributed by atoms with Gasteiger partial charge in [-0.05, 0) is 12.1 Å². The Morgan fingerprint density at radius 3 is 2.91 bits per heavy atom. The van der Waals surface area contributed by atoms with Crippen LogP contribution in [-0.4, -0.2) is 10.2 Å². The van der Waals surface area contributed by atoms with Crippen LogP contribution in [0.4, 0.5) is 5.95 Å². The molecule has 0 aliphatic heterocycles. The number of nitrogens with one attached hydrogen (secondary N) is 1. The number of aromatic nitrogens is 3. The zero-order chi connectivity index (χ0) is 7.68. The molecule has 0 fully saturated rings. The van der Waals surface area contributed by atoms with Gasteiger partial charge in [-0.1, -0.05) is 17.2 Å². The highest BCUT2D eigenvalue weighted by molar-refractivity contribution is 5.69. The van der Waals surface area contributed by atoms with Crippen LogP contribution in [0.2, 0.25) is 0 Å². The van der Waals surface area contributed by atoms with Crippen LogP contribution in [0.3, 0.4) is 0 Å². The SMILES string of the molecule is Nc1nnc2ccccc2[nH+]1. The van der Waals surface area contributed by atoms with E-state index in [1.54, 1.807) is 0 Å². The van der Waals surface area contributed by atoms with Crippen molar-refractivity contribution in [2.45, 2.75) is 0 Å². The summed E-state index contributed by atoms with van der Waals surface area (Å²) < 4.78 is 0. The fourth-order valence-electron chi connectivity index (χ4n) is 0.937. The van der Waals surface area contributed by atoms with E-state index in [0.29, 0.717) is 5.95 Å². The molecule has 11 heavy (non-hydrogen) atoms. The number of benzene rings is 1. The van der Waals surface area contributed by atoms with Crippen molar-refractivity contribution in [3.05, 3.63) is 24.3 Å². The number of hydrogen-bond donors (Lipinski definition) is 1. The number of H-pyrrole nitrogens is 1. The van der Waals surface area contributed by atoms with E-state index in [1.165, 1.54) is 0 Å². The summed E-state index contributed by atoms with van der Waals surface area (Å²) in [5.41, 5.74) is 7.12. The molecule has 54 valence electrons. The molecule has 2 rings (SSSR count). The first kappa shape index (κ1) is 6.03. The molecular weight excluding hydrogens is 140 g/mol. The van der Waals surface area contributed by atoms with Crippen molar-refractivity contribution in [2.75, 3.05) is 5.73 Å². The van der Waals surface area contributed by atoms with Gasteiger partial charge in [-0.3, -0.25) is 5.73 Å². The van der Waals surface area contributed by atoms with Gasteiger partial charge in [0.25, 0.3) is 0 Å². The number of nitrogens with two attached hydrogens (primary N) is 1. The maximum Gasteiger partial charge on any atom is 0.410 e. The van der Waals surface area contributed by atoms with Gasteiger partial charge in [0.15, 0.2) is 0 Å². The molecule has 1 aromatic carbocycles. The molecule has 0 saturated carbocycles. The molecule has 0 radical (unpaired) electrons. The molecule has 0 atom stereocenters. The molecule has 4 nitrogen and oxygen atoms in total. The summed E-state index contributed by atoms with van der Waals surface area (Å²) in [5, 5.41) is 7.55. The predicted molar refractivity (Wildman–Crippen MR) is 40.5 cm³/mol. The molecule has 0 saturated heterocycles. The van der Waals surface area contributed by atoms with Crippen LogP contribution in [0.25, 0.3) is 11.0 Å². The molecule has 0 unspecified atom stereocenters. The number of rotatable bonds is 0. The molecule has 1 heterocycles. The van der Waals surface area contributed by atoms with Gasteiger partial charge in [0.1, 0.15) is 11.0 Å². The Morgan fingerprint density at radius 2 is 2.00 bits per heavy atom. The molecule has 4 heteroatoms. The van der Waals surface area contributed by atoms with E-state index in [0.717, 1.165) is 11.0 Å². The molecule has 1 aromatic heterocycles. The largest absolute Gasteiger partial charge is 0.410 e. The Bertz CT molecular complexity index is 385. The van der Waals surface area contributed by atoms with Gasteiger partial charge < -0.3 is 0 Å². The Labute approximate surface area is 63.1 Å². The van der Waals surface area contributed by atoms with E-state index in [9.17, 15) is 0 Å². The molecule has 3 N–H and O–H groups in total. The lowest BCUT2D eigenvalue weighted by Gasteiger charge is -1.88. The molecule has 0 amide bonds. The molecule has 0 aliphatic carbocycles. The Balaban J connectivity index is 2.83. The number of aromatic amines is 1. The number of nitrogen functional groups attached to an aromatic ring is 1. The fourth-order valence-corrected chi connectivity index (χ4v) is 0.937. The van der Waals surface area contributed by atoms with Crippen molar-refractivity contribution in [2.24, 2.45) is 0 Å². The number of para-hydroxylation sites is 1. The van der Waals surface area contributed by atoms with E-state index in [2.05, 4.69) is 15.2 Å². The summed E-state index contributed by atoms with van der Waals surface area (Å²) in [6, 6.07) is 7.60. The highest BCUT2D eigenvalue weighted by atomic mass is 15.2. The van der Waals surface area contributed by atoms with Crippen LogP contribution >= 0.6 is 0 Å². The molecular formula is C7H7N4+. The third-order valence-electron chi connectivity index (χ3n) is 1.43. The van der Waals surface area contributed by atoms with E-state index >= 15 is 0 Å². The van der Waals surface area contributed by atoms with Crippen molar-refractivity contribution < 1.29 is 4.98 Å². The van der Waals surface area contributed by atoms with Gasteiger partial charge >= 0.3 is 5.95 Å². The minimum absolute atomic E-state index is 0.337. The lowest BCUT2D eigenvalue weighted by molar-refractivity contribution is -0.331. The van der Waals surface area contributed by atoms with Gasteiger partial charge in [-0.15, -0.1) is 0 Å². The van der Waals surface area contributed by atoms with Gasteiger partial charge in [-0.2, -0.15) is 0 Å². The molecule has 2 aromatic rings. The average molecular weight is 147 g/mol. The highest BCUT2D eigenvalue weighted by Gasteiger charge is 2.00. The number of hydrogen-bond acceptors (Lipinski definition) is 3. The summed E-state index contributed by atoms with van der Waals surface area (Å²) in [6.45, 7) is 0. The summed E-state index contributed by atoms with van der Waals surface area (Å²) in [7, 11) is 0.